The Morgan fingerprint density at radius 2 is 1.48 bits per heavy atom. The van der Waals surface area contributed by atoms with Crippen molar-refractivity contribution in [2.75, 3.05) is 25.1 Å². The third-order valence-electron chi connectivity index (χ3n) is 4.12. The van der Waals surface area contributed by atoms with Gasteiger partial charge in [0, 0.05) is 18.2 Å². The number of nitro groups is 2. The van der Waals surface area contributed by atoms with E-state index in [0.717, 1.165) is 36.4 Å². The van der Waals surface area contributed by atoms with Gasteiger partial charge in [0.15, 0.2) is 0 Å². The Morgan fingerprint density at radius 3 is 2.00 bits per heavy atom. The van der Waals surface area contributed by atoms with Gasteiger partial charge in [-0.2, -0.15) is 0 Å². The van der Waals surface area contributed by atoms with Crippen LogP contribution in [0.5, 0.6) is 0 Å². The quantitative estimate of drug-likeness (QED) is 0.323. The first-order valence-corrected chi connectivity index (χ1v) is 9.47. The molecule has 0 heterocycles. The van der Waals surface area contributed by atoms with Crippen LogP contribution < -0.4 is 5.32 Å². The minimum Gasteiger partial charge on any atom is -0.394 e. The van der Waals surface area contributed by atoms with Gasteiger partial charge in [0.1, 0.15) is 11.2 Å². The Morgan fingerprint density at radius 1 is 0.897 bits per heavy atom. The normalized spacial score (nSPS) is 11.8. The van der Waals surface area contributed by atoms with E-state index in [1.165, 1.54) is 6.07 Å². The fraction of sp³-hybridized carbons (Fsp3) is 0.250. The number of sulfone groups is 1. The minimum atomic E-state index is -4.31. The fourth-order valence-corrected chi connectivity index (χ4v) is 3.71. The zero-order valence-electron chi connectivity index (χ0n) is 14.8. The van der Waals surface area contributed by atoms with Crippen molar-refractivity contribution in [3.63, 3.8) is 0 Å². The number of hydrogen-bond donors (Lipinski definition) is 4. The molecule has 0 aromatic heterocycles. The molecule has 12 nitrogen and oxygen atoms in total. The number of anilines is 1. The molecule has 0 aliphatic rings. The average molecular weight is 427 g/mol. The summed E-state index contributed by atoms with van der Waals surface area (Å²) in [6.45, 7) is -2.28. The molecule has 0 radical (unpaired) electrons. The number of rotatable bonds is 9. The predicted molar refractivity (Wildman–Crippen MR) is 99.3 cm³/mol. The largest absolute Gasteiger partial charge is 0.394 e. The van der Waals surface area contributed by atoms with Crippen molar-refractivity contribution < 1.29 is 33.6 Å². The van der Waals surface area contributed by atoms with Crippen LogP contribution in [-0.2, 0) is 9.84 Å². The van der Waals surface area contributed by atoms with Crippen LogP contribution in [0.3, 0.4) is 0 Å². The van der Waals surface area contributed by atoms with Crippen LogP contribution in [0.25, 0.3) is 0 Å². The van der Waals surface area contributed by atoms with Crippen LogP contribution >= 0.6 is 0 Å². The van der Waals surface area contributed by atoms with Crippen molar-refractivity contribution >= 4 is 26.9 Å². The van der Waals surface area contributed by atoms with E-state index >= 15 is 0 Å². The molecule has 13 heteroatoms. The number of nitro benzene ring substituents is 2. The molecule has 156 valence electrons. The highest BCUT2D eigenvalue weighted by Crippen LogP contribution is 2.32. The molecule has 0 saturated heterocycles. The minimum absolute atomic E-state index is 0.245. The zero-order chi connectivity index (χ0) is 21.8. The van der Waals surface area contributed by atoms with E-state index in [1.807, 2.05) is 0 Å². The molecule has 2 aromatic rings. The Hall–Kier alpha value is -3.13. The summed E-state index contributed by atoms with van der Waals surface area (Å²) in [4.78, 5) is 19.7. The molecule has 0 atom stereocenters. The fourth-order valence-electron chi connectivity index (χ4n) is 2.39. The second-order valence-electron chi connectivity index (χ2n) is 6.07. The van der Waals surface area contributed by atoms with Gasteiger partial charge in [-0.1, -0.05) is 6.07 Å². The average Bonchev–Trinajstić information content (AvgIpc) is 2.72. The molecule has 2 aromatic carbocycles. The molecule has 0 amide bonds. The van der Waals surface area contributed by atoms with E-state index in [1.54, 1.807) is 0 Å². The van der Waals surface area contributed by atoms with Crippen molar-refractivity contribution in [1.29, 1.82) is 0 Å². The van der Waals surface area contributed by atoms with Gasteiger partial charge < -0.3 is 20.6 Å². The lowest BCUT2D eigenvalue weighted by molar-refractivity contribution is -0.385. The second-order valence-corrected chi connectivity index (χ2v) is 8.02. The highest BCUT2D eigenvalue weighted by molar-refractivity contribution is 7.91. The third-order valence-corrected chi connectivity index (χ3v) is 5.87. The van der Waals surface area contributed by atoms with E-state index in [-0.39, 0.29) is 5.69 Å². The van der Waals surface area contributed by atoms with Gasteiger partial charge in [-0.3, -0.25) is 20.2 Å². The first-order chi connectivity index (χ1) is 13.6. The summed E-state index contributed by atoms with van der Waals surface area (Å²) < 4.78 is 25.5. The lowest BCUT2D eigenvalue weighted by Crippen LogP contribution is -2.49. The summed E-state index contributed by atoms with van der Waals surface area (Å²) in [5.74, 6) is 0. The van der Waals surface area contributed by atoms with Crippen molar-refractivity contribution in [3.05, 3.63) is 62.7 Å². The number of non-ortho nitro benzene ring substituents is 1. The second kappa shape index (κ2) is 8.48. The lowest BCUT2D eigenvalue weighted by Gasteiger charge is -2.29. The topological polar surface area (TPSA) is 193 Å². The molecule has 0 unspecified atom stereocenters. The summed E-state index contributed by atoms with van der Waals surface area (Å²) >= 11 is 0. The molecule has 29 heavy (non-hydrogen) atoms. The Kier molecular flexibility index (Phi) is 6.48. The van der Waals surface area contributed by atoms with Gasteiger partial charge in [-0.15, -0.1) is 0 Å². The molecule has 0 aliphatic heterocycles. The monoisotopic (exact) mass is 427 g/mol. The molecule has 0 saturated carbocycles. The van der Waals surface area contributed by atoms with E-state index in [2.05, 4.69) is 5.32 Å². The van der Waals surface area contributed by atoms with Gasteiger partial charge in [0.2, 0.25) is 9.84 Å². The Labute approximate surface area is 164 Å². The molecule has 0 bridgehead atoms. The van der Waals surface area contributed by atoms with Crippen molar-refractivity contribution in [1.82, 2.24) is 0 Å². The van der Waals surface area contributed by atoms with Crippen LogP contribution in [0.2, 0.25) is 0 Å². The van der Waals surface area contributed by atoms with Crippen LogP contribution in [0, 0.1) is 20.2 Å². The van der Waals surface area contributed by atoms with Crippen molar-refractivity contribution in [3.8, 4) is 0 Å². The van der Waals surface area contributed by atoms with Crippen LogP contribution in [-0.4, -0.2) is 58.9 Å². The van der Waals surface area contributed by atoms with Crippen LogP contribution in [0.15, 0.2) is 52.3 Å². The van der Waals surface area contributed by atoms with Gasteiger partial charge in [-0.05, 0) is 18.2 Å². The highest BCUT2D eigenvalue weighted by Gasteiger charge is 2.32. The summed E-state index contributed by atoms with van der Waals surface area (Å²) in [5, 5.41) is 52.9. The first-order valence-electron chi connectivity index (χ1n) is 7.99. The van der Waals surface area contributed by atoms with Gasteiger partial charge in [0.25, 0.3) is 11.4 Å². The van der Waals surface area contributed by atoms with Gasteiger partial charge in [-0.25, -0.2) is 8.42 Å². The molecule has 4 N–H and O–H groups in total. The molecule has 0 fully saturated rings. The summed E-state index contributed by atoms with van der Waals surface area (Å²) in [6, 6.07) is 7.04. The standard InChI is InChI=1S/C16H17N3O9S/c20-8-16(9-21,10-22)17-14-5-4-13(7-15(14)19(25)26)29(27,28)12-3-1-2-11(6-12)18(23)24/h1-7,17,20-22H,8-10H2. The highest BCUT2D eigenvalue weighted by atomic mass is 32.2. The number of hydrogen-bond acceptors (Lipinski definition) is 10. The summed E-state index contributed by atoms with van der Waals surface area (Å²) in [6.07, 6.45) is 0. The van der Waals surface area contributed by atoms with Crippen molar-refractivity contribution in [2.24, 2.45) is 0 Å². The molecule has 0 spiro atoms. The summed E-state index contributed by atoms with van der Waals surface area (Å²) in [7, 11) is -4.31. The molecule has 0 aliphatic carbocycles. The zero-order valence-corrected chi connectivity index (χ0v) is 15.6. The van der Waals surface area contributed by atoms with E-state index < -0.39 is 66.2 Å². The molecule has 2 rings (SSSR count). The maximum atomic E-state index is 12.8. The number of nitrogens with zero attached hydrogens (tertiary/aromatic N) is 2. The van der Waals surface area contributed by atoms with Crippen LogP contribution in [0.1, 0.15) is 0 Å². The maximum absolute atomic E-state index is 12.8. The first kappa shape index (κ1) is 22.2. The Balaban J connectivity index is 2.56. The molecular formula is C16H17N3O9S. The van der Waals surface area contributed by atoms with E-state index in [0.29, 0.717) is 0 Å². The third kappa shape index (κ3) is 4.48. The van der Waals surface area contributed by atoms with Gasteiger partial charge in [0.05, 0.1) is 39.5 Å². The Bertz CT molecular complexity index is 1030. The maximum Gasteiger partial charge on any atom is 0.293 e. The van der Waals surface area contributed by atoms with E-state index in [4.69, 9.17) is 0 Å². The van der Waals surface area contributed by atoms with Gasteiger partial charge >= 0.3 is 0 Å². The van der Waals surface area contributed by atoms with Crippen LogP contribution in [0.4, 0.5) is 17.1 Å². The summed E-state index contributed by atoms with van der Waals surface area (Å²) in [5.41, 5.74) is -3.08. The number of benzene rings is 2. The SMILES string of the molecule is O=[N+]([O-])c1cccc(S(=O)(=O)c2ccc(NC(CO)(CO)CO)c([N+](=O)[O-])c2)c1. The number of aliphatic hydroxyl groups excluding tert-OH is 3. The van der Waals surface area contributed by atoms with E-state index in [9.17, 15) is 44.0 Å². The molecular weight excluding hydrogens is 410 g/mol. The smallest absolute Gasteiger partial charge is 0.293 e. The predicted octanol–water partition coefficient (Wildman–Crippen LogP) is 0.463. The lowest BCUT2D eigenvalue weighted by atomic mass is 10.0. The van der Waals surface area contributed by atoms with Crippen molar-refractivity contribution in [2.45, 2.75) is 15.3 Å². The number of aliphatic hydroxyl groups is 3. The number of nitrogens with one attached hydrogen (secondary N) is 1.